The summed E-state index contributed by atoms with van der Waals surface area (Å²) in [5, 5.41) is 0. The predicted molar refractivity (Wildman–Crippen MR) is 62.2 cm³/mol. The van der Waals surface area contributed by atoms with Crippen molar-refractivity contribution < 1.29 is 8.42 Å². The molecule has 1 heterocycles. The van der Waals surface area contributed by atoms with Gasteiger partial charge < -0.3 is 4.98 Å². The number of nitrogens with one attached hydrogen (secondary N) is 2. The van der Waals surface area contributed by atoms with Gasteiger partial charge in [0.05, 0.1) is 0 Å². The highest BCUT2D eigenvalue weighted by molar-refractivity contribution is 7.91. The quantitative estimate of drug-likeness (QED) is 0.846. The Bertz CT molecular complexity index is 537. The Morgan fingerprint density at radius 3 is 2.50 bits per heavy atom. The Morgan fingerprint density at radius 2 is 2.06 bits per heavy atom. The van der Waals surface area contributed by atoms with Crippen molar-refractivity contribution in [2.45, 2.75) is 36.9 Å². The first kappa shape index (κ1) is 11.8. The van der Waals surface area contributed by atoms with Crippen molar-refractivity contribution in [3.05, 3.63) is 15.4 Å². The van der Waals surface area contributed by atoms with E-state index in [1.807, 2.05) is 0 Å². The summed E-state index contributed by atoms with van der Waals surface area (Å²) in [6, 6.07) is 0.0246. The minimum atomic E-state index is -3.52. The summed E-state index contributed by atoms with van der Waals surface area (Å²) in [6.07, 6.45) is 1.75. The summed E-state index contributed by atoms with van der Waals surface area (Å²) in [5.74, 6) is 0.582. The van der Waals surface area contributed by atoms with Crippen LogP contribution >= 0.6 is 11.3 Å². The molecule has 1 aromatic rings. The van der Waals surface area contributed by atoms with Crippen LogP contribution in [0.5, 0.6) is 0 Å². The van der Waals surface area contributed by atoms with E-state index in [9.17, 15) is 13.2 Å². The predicted octanol–water partition coefficient (Wildman–Crippen LogP) is 0.822. The molecule has 1 fully saturated rings. The van der Waals surface area contributed by atoms with E-state index in [0.29, 0.717) is 11.6 Å². The fourth-order valence-electron chi connectivity index (χ4n) is 1.92. The van der Waals surface area contributed by atoms with E-state index in [0.717, 1.165) is 24.2 Å². The second-order valence-corrected chi connectivity index (χ2v) is 7.21. The van der Waals surface area contributed by atoms with Gasteiger partial charge in [0.25, 0.3) is 10.0 Å². The van der Waals surface area contributed by atoms with Gasteiger partial charge in [0.2, 0.25) is 0 Å². The number of hydrogen-bond donors (Lipinski definition) is 2. The molecule has 0 bridgehead atoms. The molecule has 7 heteroatoms. The maximum absolute atomic E-state index is 11.9. The topological polar surface area (TPSA) is 79.0 Å². The molecule has 0 amide bonds. The summed E-state index contributed by atoms with van der Waals surface area (Å²) in [4.78, 5) is 13.2. The number of aromatic nitrogens is 1. The molecule has 0 spiro atoms. The number of hydrogen-bond acceptors (Lipinski definition) is 4. The molecule has 1 aromatic heterocycles. The van der Waals surface area contributed by atoms with E-state index < -0.39 is 10.0 Å². The highest BCUT2D eigenvalue weighted by Gasteiger charge is 2.31. The zero-order valence-corrected chi connectivity index (χ0v) is 10.7. The third-order valence-electron chi connectivity index (χ3n) is 2.72. The van der Waals surface area contributed by atoms with Crippen LogP contribution in [0.2, 0.25) is 0 Å². The number of rotatable bonds is 3. The molecule has 0 saturated heterocycles. The van der Waals surface area contributed by atoms with Crippen molar-refractivity contribution in [1.82, 2.24) is 9.71 Å². The molecule has 0 aliphatic heterocycles. The van der Waals surface area contributed by atoms with E-state index in [1.54, 1.807) is 6.92 Å². The van der Waals surface area contributed by atoms with Gasteiger partial charge in [0, 0.05) is 11.7 Å². The first-order valence-corrected chi connectivity index (χ1v) is 7.40. The van der Waals surface area contributed by atoms with Gasteiger partial charge in [-0.1, -0.05) is 18.3 Å². The number of aryl methyl sites for hydroxylation is 1. The fraction of sp³-hybridized carbons (Fsp3) is 0.667. The van der Waals surface area contributed by atoms with Crippen LogP contribution in [-0.2, 0) is 10.0 Å². The maximum atomic E-state index is 11.9. The van der Waals surface area contributed by atoms with Crippen LogP contribution in [0.1, 0.15) is 25.5 Å². The summed E-state index contributed by atoms with van der Waals surface area (Å²) in [7, 11) is -3.52. The molecule has 2 N–H and O–H groups in total. The highest BCUT2D eigenvalue weighted by atomic mass is 32.2. The maximum Gasteiger partial charge on any atom is 0.305 e. The van der Waals surface area contributed by atoms with Crippen LogP contribution < -0.4 is 9.60 Å². The molecule has 16 heavy (non-hydrogen) atoms. The average Bonchev–Trinajstić information content (AvgIpc) is 2.43. The SMILES string of the molecule is Cc1[nH]c(=O)sc1S(=O)(=O)NC1CC(C)C1. The summed E-state index contributed by atoms with van der Waals surface area (Å²) in [5.41, 5.74) is 0.412. The van der Waals surface area contributed by atoms with Crippen LogP contribution in [0, 0.1) is 12.8 Å². The van der Waals surface area contributed by atoms with Crippen LogP contribution in [0.15, 0.2) is 9.00 Å². The monoisotopic (exact) mass is 262 g/mol. The molecule has 0 atom stereocenters. The van der Waals surface area contributed by atoms with Gasteiger partial charge in [-0.15, -0.1) is 0 Å². The first-order chi connectivity index (χ1) is 7.38. The summed E-state index contributed by atoms with van der Waals surface area (Å²) >= 11 is 0.737. The molecule has 5 nitrogen and oxygen atoms in total. The molecular formula is C9H14N2O3S2. The van der Waals surface area contributed by atoms with Crippen molar-refractivity contribution >= 4 is 21.4 Å². The summed E-state index contributed by atoms with van der Waals surface area (Å²) < 4.78 is 26.6. The van der Waals surface area contributed by atoms with Crippen LogP contribution in [0.3, 0.4) is 0 Å². The van der Waals surface area contributed by atoms with E-state index >= 15 is 0 Å². The van der Waals surface area contributed by atoms with Crippen LogP contribution in [0.25, 0.3) is 0 Å². The van der Waals surface area contributed by atoms with Gasteiger partial charge in [-0.2, -0.15) is 0 Å². The minimum Gasteiger partial charge on any atom is -0.315 e. The van der Waals surface area contributed by atoms with E-state index in [2.05, 4.69) is 16.6 Å². The van der Waals surface area contributed by atoms with Crippen molar-refractivity contribution in [1.29, 1.82) is 0 Å². The second kappa shape index (κ2) is 3.97. The zero-order chi connectivity index (χ0) is 11.9. The van der Waals surface area contributed by atoms with E-state index in [-0.39, 0.29) is 15.1 Å². The van der Waals surface area contributed by atoms with Crippen molar-refractivity contribution in [3.8, 4) is 0 Å². The largest absolute Gasteiger partial charge is 0.315 e. The lowest BCUT2D eigenvalue weighted by Crippen LogP contribution is -2.43. The molecule has 0 aromatic carbocycles. The molecule has 0 unspecified atom stereocenters. The third-order valence-corrected chi connectivity index (χ3v) is 5.85. The number of sulfonamides is 1. The average molecular weight is 262 g/mol. The second-order valence-electron chi connectivity index (χ2n) is 4.32. The first-order valence-electron chi connectivity index (χ1n) is 5.10. The molecule has 0 radical (unpaired) electrons. The molecule has 90 valence electrons. The van der Waals surface area contributed by atoms with Crippen LogP contribution in [0.4, 0.5) is 0 Å². The molecule has 1 aliphatic carbocycles. The van der Waals surface area contributed by atoms with Gasteiger partial charge in [-0.25, -0.2) is 13.1 Å². The summed E-state index contributed by atoms with van der Waals surface area (Å²) in [6.45, 7) is 3.68. The van der Waals surface area contributed by atoms with Crippen molar-refractivity contribution in [3.63, 3.8) is 0 Å². The number of thiazole rings is 1. The Morgan fingerprint density at radius 1 is 1.44 bits per heavy atom. The Balaban J connectivity index is 2.19. The lowest BCUT2D eigenvalue weighted by atomic mass is 9.83. The molecular weight excluding hydrogens is 248 g/mol. The molecule has 1 saturated carbocycles. The highest BCUT2D eigenvalue weighted by Crippen LogP contribution is 2.28. The van der Waals surface area contributed by atoms with E-state index in [4.69, 9.17) is 0 Å². The van der Waals surface area contributed by atoms with Gasteiger partial charge in [0.1, 0.15) is 0 Å². The standard InChI is InChI=1S/C9H14N2O3S2/c1-5-3-7(4-5)11-16(13,14)8-6(2)10-9(12)15-8/h5,7,11H,3-4H2,1-2H3,(H,10,12). The van der Waals surface area contributed by atoms with Gasteiger partial charge in [-0.3, -0.25) is 4.79 Å². The normalized spacial score (nSPS) is 25.4. The number of H-pyrrole nitrogens is 1. The van der Waals surface area contributed by atoms with Crippen molar-refractivity contribution in [2.24, 2.45) is 5.92 Å². The van der Waals surface area contributed by atoms with Gasteiger partial charge in [-0.05, 0) is 25.7 Å². The third kappa shape index (κ3) is 2.21. The van der Waals surface area contributed by atoms with Crippen LogP contribution in [-0.4, -0.2) is 19.4 Å². The minimum absolute atomic E-state index is 0.0246. The Kier molecular flexibility index (Phi) is 2.93. The lowest BCUT2D eigenvalue weighted by molar-refractivity contribution is 0.270. The number of aromatic amines is 1. The van der Waals surface area contributed by atoms with Crippen molar-refractivity contribution in [2.75, 3.05) is 0 Å². The fourth-order valence-corrected chi connectivity index (χ4v) is 4.50. The molecule has 1 aliphatic rings. The van der Waals surface area contributed by atoms with Gasteiger partial charge in [0.15, 0.2) is 4.21 Å². The lowest BCUT2D eigenvalue weighted by Gasteiger charge is -2.32. The Hall–Kier alpha value is -0.660. The van der Waals surface area contributed by atoms with E-state index in [1.165, 1.54) is 0 Å². The van der Waals surface area contributed by atoms with Gasteiger partial charge >= 0.3 is 4.87 Å². The Labute approximate surface area is 97.9 Å². The smallest absolute Gasteiger partial charge is 0.305 e. The zero-order valence-electron chi connectivity index (χ0n) is 9.11. The molecule has 2 rings (SSSR count).